The molecule has 0 aromatic heterocycles. The first kappa shape index (κ1) is 19.6. The van der Waals surface area contributed by atoms with Gasteiger partial charge in [0.2, 0.25) is 0 Å². The molecule has 1 aromatic carbocycles. The second kappa shape index (κ2) is 8.42. The third kappa shape index (κ3) is 3.90. The summed E-state index contributed by atoms with van der Waals surface area (Å²) in [4.78, 5) is 25.6. The van der Waals surface area contributed by atoms with Gasteiger partial charge in [-0.25, -0.2) is 0 Å². The van der Waals surface area contributed by atoms with E-state index in [1.807, 2.05) is 0 Å². The number of hydrogen-bond acceptors (Lipinski definition) is 3. The average molecular weight is 560 g/mol. The van der Waals surface area contributed by atoms with Crippen molar-refractivity contribution in [3.8, 4) is 0 Å². The Kier molecular flexibility index (Phi) is 7.51. The summed E-state index contributed by atoms with van der Waals surface area (Å²) in [6.45, 7) is 7.70. The van der Waals surface area contributed by atoms with Crippen LogP contribution < -0.4 is 5.11 Å². The molecule has 0 saturated carbocycles. The number of halogens is 4. The minimum absolute atomic E-state index is 0.00866. The molecule has 0 saturated heterocycles. The molecule has 0 aliphatic carbocycles. The number of carbonyl (C=O) groups excluding carboxylic acids is 2. The molecule has 0 spiro atoms. The lowest BCUT2D eigenvalue weighted by Crippen LogP contribution is -2.35. The first-order valence-electron chi connectivity index (χ1n) is 5.86. The van der Waals surface area contributed by atoms with Crippen molar-refractivity contribution in [3.05, 3.63) is 54.3 Å². The Hall–Kier alpha value is -0.440. The molecule has 22 heavy (non-hydrogen) atoms. The molecule has 1 amide bonds. The molecule has 8 heteroatoms. The summed E-state index contributed by atoms with van der Waals surface area (Å²) in [5, 5.41) is 11.5. The van der Waals surface area contributed by atoms with Crippen LogP contribution in [0.4, 0.5) is 0 Å². The first-order chi connectivity index (χ1) is 10.3. The molecule has 0 bridgehead atoms. The lowest BCUT2D eigenvalue weighted by Gasteiger charge is -2.24. The van der Waals surface area contributed by atoms with Crippen molar-refractivity contribution in [2.75, 3.05) is 13.1 Å². The SMILES string of the molecule is C=CCN(CC=C)C(=O)c1c(Br)c(Br)c(Br)c(Br)c1C(=O)[O-]. The monoisotopic (exact) mass is 556 g/mol. The molecule has 0 heterocycles. The minimum Gasteiger partial charge on any atom is -0.545 e. The van der Waals surface area contributed by atoms with E-state index in [1.165, 1.54) is 4.90 Å². The maximum absolute atomic E-state index is 12.7. The predicted octanol–water partition coefficient (Wildman–Crippen LogP) is 3.91. The van der Waals surface area contributed by atoms with Crippen molar-refractivity contribution in [2.45, 2.75) is 0 Å². The molecule has 0 N–H and O–H groups in total. The highest BCUT2D eigenvalue weighted by Crippen LogP contribution is 2.42. The highest BCUT2D eigenvalue weighted by Gasteiger charge is 2.27. The van der Waals surface area contributed by atoms with E-state index in [2.05, 4.69) is 76.9 Å². The zero-order valence-corrected chi connectivity index (χ0v) is 17.5. The van der Waals surface area contributed by atoms with E-state index in [-0.39, 0.29) is 28.7 Å². The summed E-state index contributed by atoms with van der Waals surface area (Å²) in [5.41, 5.74) is -0.240. The zero-order valence-electron chi connectivity index (χ0n) is 11.2. The largest absolute Gasteiger partial charge is 0.545 e. The third-order valence-corrected chi connectivity index (χ3v) is 7.44. The van der Waals surface area contributed by atoms with Crippen LogP contribution in [0.1, 0.15) is 20.7 Å². The van der Waals surface area contributed by atoms with Crippen LogP contribution in [0.3, 0.4) is 0 Å². The Morgan fingerprint density at radius 2 is 1.32 bits per heavy atom. The van der Waals surface area contributed by atoms with E-state index in [9.17, 15) is 14.7 Å². The van der Waals surface area contributed by atoms with Gasteiger partial charge in [0, 0.05) is 36.5 Å². The summed E-state index contributed by atoms with van der Waals surface area (Å²) in [6.07, 6.45) is 3.11. The Labute approximate surface area is 161 Å². The molecule has 0 aliphatic rings. The summed E-state index contributed by atoms with van der Waals surface area (Å²) in [6, 6.07) is 0. The van der Waals surface area contributed by atoms with Crippen molar-refractivity contribution in [1.29, 1.82) is 0 Å². The van der Waals surface area contributed by atoms with Crippen LogP contribution in [0.5, 0.6) is 0 Å². The van der Waals surface area contributed by atoms with Crippen LogP contribution in [0.15, 0.2) is 43.2 Å². The topological polar surface area (TPSA) is 60.4 Å². The molecule has 0 unspecified atom stereocenters. The Bertz CT molecular complexity index is 648. The molecular weight excluding hydrogens is 550 g/mol. The smallest absolute Gasteiger partial charge is 0.256 e. The second-order valence-corrected chi connectivity index (χ2v) is 7.25. The van der Waals surface area contributed by atoms with Gasteiger partial charge < -0.3 is 14.8 Å². The van der Waals surface area contributed by atoms with E-state index < -0.39 is 11.9 Å². The second-order valence-electron chi connectivity index (χ2n) is 4.08. The van der Waals surface area contributed by atoms with Gasteiger partial charge in [0.15, 0.2) is 0 Å². The average Bonchev–Trinajstić information content (AvgIpc) is 2.47. The van der Waals surface area contributed by atoms with Gasteiger partial charge >= 0.3 is 0 Å². The van der Waals surface area contributed by atoms with Crippen LogP contribution in [-0.4, -0.2) is 29.9 Å². The van der Waals surface area contributed by atoms with Crippen molar-refractivity contribution in [1.82, 2.24) is 4.90 Å². The third-order valence-electron chi connectivity index (χ3n) is 2.67. The lowest BCUT2D eigenvalue weighted by molar-refractivity contribution is -0.255. The molecular formula is C14H10Br4NO3-. The summed E-state index contributed by atoms with van der Waals surface area (Å²) >= 11 is 13.0. The molecule has 0 fully saturated rings. The summed E-state index contributed by atoms with van der Waals surface area (Å²) in [7, 11) is 0. The highest BCUT2D eigenvalue weighted by atomic mass is 79.9. The number of hydrogen-bond donors (Lipinski definition) is 0. The van der Waals surface area contributed by atoms with E-state index in [1.54, 1.807) is 12.2 Å². The van der Waals surface area contributed by atoms with Crippen LogP contribution in [0.2, 0.25) is 0 Å². The number of aromatic carboxylic acids is 1. The standard InChI is InChI=1S/C14H11Br4NO3/c1-3-5-19(6-4-2)13(20)7-8(14(21)22)10(16)12(18)11(17)9(7)15/h3-4H,1-2,5-6H2,(H,21,22)/p-1. The number of carboxylic acids is 1. The predicted molar refractivity (Wildman–Crippen MR) is 97.9 cm³/mol. The summed E-state index contributed by atoms with van der Waals surface area (Å²) in [5.74, 6) is -1.93. The fourth-order valence-electron chi connectivity index (χ4n) is 1.73. The Morgan fingerprint density at radius 1 is 0.909 bits per heavy atom. The number of nitrogens with zero attached hydrogens (tertiary/aromatic N) is 1. The molecule has 118 valence electrons. The molecule has 1 rings (SSSR count). The fourth-order valence-corrected chi connectivity index (χ4v) is 4.18. The summed E-state index contributed by atoms with van der Waals surface area (Å²) < 4.78 is 1.53. The fraction of sp³-hybridized carbons (Fsp3) is 0.143. The number of rotatable bonds is 6. The molecule has 0 aliphatic heterocycles. The Balaban J connectivity index is 3.63. The Morgan fingerprint density at radius 3 is 1.68 bits per heavy atom. The molecule has 0 atom stereocenters. The van der Waals surface area contributed by atoms with E-state index in [4.69, 9.17) is 0 Å². The maximum Gasteiger partial charge on any atom is 0.256 e. The van der Waals surface area contributed by atoms with E-state index >= 15 is 0 Å². The number of amides is 1. The maximum atomic E-state index is 12.7. The van der Waals surface area contributed by atoms with Gasteiger partial charge in [-0.1, -0.05) is 12.2 Å². The van der Waals surface area contributed by atoms with Gasteiger partial charge in [0.25, 0.3) is 5.91 Å². The molecule has 1 aromatic rings. The van der Waals surface area contributed by atoms with Crippen molar-refractivity contribution in [2.24, 2.45) is 0 Å². The van der Waals surface area contributed by atoms with Gasteiger partial charge in [0.1, 0.15) is 0 Å². The minimum atomic E-state index is -1.46. The van der Waals surface area contributed by atoms with Crippen molar-refractivity contribution >= 4 is 75.6 Å². The van der Waals surface area contributed by atoms with Gasteiger partial charge in [-0.15, -0.1) is 13.2 Å². The first-order valence-corrected chi connectivity index (χ1v) is 9.03. The van der Waals surface area contributed by atoms with Crippen LogP contribution in [-0.2, 0) is 0 Å². The quantitative estimate of drug-likeness (QED) is 0.302. The number of carboxylic acid groups (broad SMARTS) is 1. The zero-order chi connectivity index (χ0) is 17.0. The van der Waals surface area contributed by atoms with Crippen LogP contribution >= 0.6 is 63.7 Å². The lowest BCUT2D eigenvalue weighted by atomic mass is 10.1. The van der Waals surface area contributed by atoms with Gasteiger partial charge in [0.05, 0.1) is 11.5 Å². The molecule has 0 radical (unpaired) electrons. The van der Waals surface area contributed by atoms with Crippen molar-refractivity contribution in [3.63, 3.8) is 0 Å². The number of benzene rings is 1. The van der Waals surface area contributed by atoms with Gasteiger partial charge in [-0.2, -0.15) is 0 Å². The normalized spacial score (nSPS) is 10.2. The number of carbonyl (C=O) groups is 2. The van der Waals surface area contributed by atoms with Crippen LogP contribution in [0, 0.1) is 0 Å². The highest BCUT2D eigenvalue weighted by molar-refractivity contribution is 9.15. The van der Waals surface area contributed by atoms with E-state index in [0.29, 0.717) is 13.4 Å². The van der Waals surface area contributed by atoms with Crippen LogP contribution in [0.25, 0.3) is 0 Å². The van der Waals surface area contributed by atoms with E-state index in [0.717, 1.165) is 0 Å². The van der Waals surface area contributed by atoms with Gasteiger partial charge in [-0.3, -0.25) is 4.79 Å². The van der Waals surface area contributed by atoms with Crippen molar-refractivity contribution < 1.29 is 14.7 Å². The van der Waals surface area contributed by atoms with Gasteiger partial charge in [-0.05, 0) is 63.7 Å². The molecule has 4 nitrogen and oxygen atoms in total.